The lowest BCUT2D eigenvalue weighted by Gasteiger charge is -2.31. The molecule has 0 fully saturated rings. The number of hydrogen-bond donors (Lipinski definition) is 2. The van der Waals surface area contributed by atoms with Crippen molar-refractivity contribution in [3.63, 3.8) is 0 Å². The molecule has 0 unspecified atom stereocenters. The summed E-state index contributed by atoms with van der Waals surface area (Å²) in [5, 5.41) is 24.6. The van der Waals surface area contributed by atoms with Gasteiger partial charge in [0.15, 0.2) is 0 Å². The number of benzene rings is 2. The fourth-order valence-corrected chi connectivity index (χ4v) is 3.84. The number of hydrogen-bond acceptors (Lipinski definition) is 7. The number of halogens is 1. The summed E-state index contributed by atoms with van der Waals surface area (Å²) >= 11 is 0. The predicted octanol–water partition coefficient (Wildman–Crippen LogP) is 2.99. The highest BCUT2D eigenvalue weighted by atomic mass is 19.1. The molecule has 1 aromatic heterocycles. The van der Waals surface area contributed by atoms with Gasteiger partial charge in [-0.2, -0.15) is 4.80 Å². The predicted molar refractivity (Wildman–Crippen MR) is 139 cm³/mol. The van der Waals surface area contributed by atoms with E-state index in [2.05, 4.69) is 34.6 Å². The minimum Gasteiger partial charge on any atom is -0.494 e. The van der Waals surface area contributed by atoms with Crippen molar-refractivity contribution in [2.45, 2.75) is 46.2 Å². The molecule has 0 saturated heterocycles. The van der Waals surface area contributed by atoms with Gasteiger partial charge in [0.2, 0.25) is 17.6 Å². The van der Waals surface area contributed by atoms with E-state index in [1.807, 2.05) is 6.92 Å². The van der Waals surface area contributed by atoms with E-state index < -0.39 is 11.9 Å². The van der Waals surface area contributed by atoms with Crippen molar-refractivity contribution < 1.29 is 23.8 Å². The van der Waals surface area contributed by atoms with Crippen LogP contribution in [0.3, 0.4) is 0 Å². The van der Waals surface area contributed by atoms with Gasteiger partial charge in [-0.3, -0.25) is 9.59 Å². The number of carbonyl (C=O) groups excluding carboxylic acids is 2. The van der Waals surface area contributed by atoms with Crippen molar-refractivity contribution in [3.8, 4) is 17.1 Å². The molecule has 1 heterocycles. The zero-order chi connectivity index (χ0) is 27.5. The molecule has 0 aliphatic rings. The van der Waals surface area contributed by atoms with E-state index in [9.17, 15) is 19.1 Å². The van der Waals surface area contributed by atoms with Gasteiger partial charge < -0.3 is 20.1 Å². The number of aliphatic hydroxyl groups excluding tert-OH is 1. The third kappa shape index (κ3) is 8.07. The van der Waals surface area contributed by atoms with E-state index in [0.717, 1.165) is 11.2 Å². The minimum atomic E-state index is -0.933. The van der Waals surface area contributed by atoms with Crippen LogP contribution < -0.4 is 10.1 Å². The van der Waals surface area contributed by atoms with E-state index >= 15 is 0 Å². The maximum absolute atomic E-state index is 13.5. The van der Waals surface area contributed by atoms with Crippen molar-refractivity contribution in [2.24, 2.45) is 5.92 Å². The SMILES string of the molecule is CCOc1ccc([C@H](C(=O)NCCC(C)C)N(CCCO)C(=O)Cn2nnc(-c3ccc(F)cc3)n2)cc1. The molecule has 1 atom stereocenters. The van der Waals surface area contributed by atoms with Gasteiger partial charge in [0, 0.05) is 25.3 Å². The fraction of sp³-hybridized carbons (Fsp3) is 0.444. The first-order valence-electron chi connectivity index (χ1n) is 12.8. The highest BCUT2D eigenvalue weighted by molar-refractivity contribution is 5.88. The average molecular weight is 527 g/mol. The van der Waals surface area contributed by atoms with Gasteiger partial charge in [-0.15, -0.1) is 10.2 Å². The minimum absolute atomic E-state index is 0.143. The highest BCUT2D eigenvalue weighted by Crippen LogP contribution is 2.25. The average Bonchev–Trinajstić information content (AvgIpc) is 3.35. The number of aromatic nitrogens is 4. The molecule has 2 amide bonds. The Kier molecular flexibility index (Phi) is 10.7. The van der Waals surface area contributed by atoms with Crippen LogP contribution in [0.1, 0.15) is 45.2 Å². The van der Waals surface area contributed by atoms with Gasteiger partial charge >= 0.3 is 0 Å². The summed E-state index contributed by atoms with van der Waals surface area (Å²) in [5.74, 6) is 0.180. The number of amides is 2. The third-order valence-electron chi connectivity index (χ3n) is 5.80. The maximum atomic E-state index is 13.5. The Morgan fingerprint density at radius 3 is 2.47 bits per heavy atom. The number of ether oxygens (including phenoxy) is 1. The molecular weight excluding hydrogens is 491 g/mol. The highest BCUT2D eigenvalue weighted by Gasteiger charge is 2.31. The second kappa shape index (κ2) is 14.2. The fourth-order valence-electron chi connectivity index (χ4n) is 3.84. The first kappa shape index (κ1) is 28.7. The summed E-state index contributed by atoms with van der Waals surface area (Å²) < 4.78 is 18.8. The monoisotopic (exact) mass is 526 g/mol. The van der Waals surface area contributed by atoms with Crippen LogP contribution in [0.25, 0.3) is 11.4 Å². The van der Waals surface area contributed by atoms with Crippen LogP contribution in [0.2, 0.25) is 0 Å². The molecule has 0 saturated carbocycles. The van der Waals surface area contributed by atoms with E-state index in [1.165, 1.54) is 29.2 Å². The molecule has 0 spiro atoms. The van der Waals surface area contributed by atoms with Crippen molar-refractivity contribution in [1.82, 2.24) is 30.4 Å². The summed E-state index contributed by atoms with van der Waals surface area (Å²) in [6, 6.07) is 11.7. The van der Waals surface area contributed by atoms with Crippen LogP contribution in [0.4, 0.5) is 4.39 Å². The molecule has 0 radical (unpaired) electrons. The molecule has 11 heteroatoms. The van der Waals surface area contributed by atoms with Crippen molar-refractivity contribution in [2.75, 3.05) is 26.3 Å². The number of nitrogens with one attached hydrogen (secondary N) is 1. The number of nitrogens with zero attached hydrogens (tertiary/aromatic N) is 5. The molecule has 2 aromatic carbocycles. The van der Waals surface area contributed by atoms with E-state index in [1.54, 1.807) is 24.3 Å². The number of aliphatic hydroxyl groups is 1. The summed E-state index contributed by atoms with van der Waals surface area (Å²) in [6.45, 7) is 6.72. The molecular formula is C27H35FN6O4. The van der Waals surface area contributed by atoms with Gasteiger partial charge in [-0.1, -0.05) is 26.0 Å². The van der Waals surface area contributed by atoms with Gasteiger partial charge in [-0.25, -0.2) is 4.39 Å². The lowest BCUT2D eigenvalue weighted by molar-refractivity contribution is -0.142. The molecule has 0 aliphatic carbocycles. The third-order valence-corrected chi connectivity index (χ3v) is 5.80. The van der Waals surface area contributed by atoms with Gasteiger partial charge in [0.05, 0.1) is 6.61 Å². The zero-order valence-electron chi connectivity index (χ0n) is 22.0. The van der Waals surface area contributed by atoms with Crippen LogP contribution in [0.15, 0.2) is 48.5 Å². The molecule has 10 nitrogen and oxygen atoms in total. The van der Waals surface area contributed by atoms with Crippen LogP contribution in [0.5, 0.6) is 5.75 Å². The number of rotatable bonds is 14. The van der Waals surface area contributed by atoms with Crippen molar-refractivity contribution in [1.29, 1.82) is 0 Å². The van der Waals surface area contributed by atoms with E-state index in [0.29, 0.717) is 35.9 Å². The van der Waals surface area contributed by atoms with Crippen molar-refractivity contribution >= 4 is 11.8 Å². The van der Waals surface area contributed by atoms with Crippen LogP contribution >= 0.6 is 0 Å². The second-order valence-corrected chi connectivity index (χ2v) is 9.19. The summed E-state index contributed by atoms with van der Waals surface area (Å²) in [6.07, 6.45) is 1.07. The van der Waals surface area contributed by atoms with Gasteiger partial charge in [-0.05, 0) is 72.9 Å². The Bertz CT molecular complexity index is 1170. The lowest BCUT2D eigenvalue weighted by Crippen LogP contribution is -2.46. The first-order chi connectivity index (χ1) is 18.3. The standard InChI is InChI=1S/C27H35FN6O4/c1-4-38-23-12-8-20(9-13-23)25(27(37)29-15-14-19(2)3)33(16-5-17-35)24(36)18-34-31-26(30-32-34)21-6-10-22(28)11-7-21/h6-13,19,25,35H,4-5,14-18H2,1-3H3,(H,29,37)/t25-/m1/s1. The topological polar surface area (TPSA) is 122 Å². The Hall–Kier alpha value is -3.86. The zero-order valence-corrected chi connectivity index (χ0v) is 22.0. The molecule has 2 N–H and O–H groups in total. The quantitative estimate of drug-likeness (QED) is 0.331. The van der Waals surface area contributed by atoms with Gasteiger partial charge in [0.1, 0.15) is 24.2 Å². The molecule has 3 aromatic rings. The summed E-state index contributed by atoms with van der Waals surface area (Å²) in [7, 11) is 0. The second-order valence-electron chi connectivity index (χ2n) is 9.19. The first-order valence-corrected chi connectivity index (χ1v) is 12.8. The molecule has 38 heavy (non-hydrogen) atoms. The van der Waals surface area contributed by atoms with Crippen LogP contribution in [-0.2, 0) is 16.1 Å². The number of carbonyl (C=O) groups is 2. The summed E-state index contributed by atoms with van der Waals surface area (Å²) in [5.41, 5.74) is 1.17. The Balaban J connectivity index is 1.86. The van der Waals surface area contributed by atoms with Crippen molar-refractivity contribution in [3.05, 3.63) is 59.9 Å². The Morgan fingerprint density at radius 1 is 1.13 bits per heavy atom. The molecule has 3 rings (SSSR count). The number of tetrazole rings is 1. The maximum Gasteiger partial charge on any atom is 0.247 e. The van der Waals surface area contributed by atoms with Crippen LogP contribution in [0, 0.1) is 11.7 Å². The van der Waals surface area contributed by atoms with Gasteiger partial charge in [0.25, 0.3) is 0 Å². The molecule has 0 aliphatic heterocycles. The lowest BCUT2D eigenvalue weighted by atomic mass is 10.0. The normalized spacial score (nSPS) is 11.8. The van der Waals surface area contributed by atoms with Crippen LogP contribution in [-0.4, -0.2) is 68.3 Å². The Morgan fingerprint density at radius 2 is 1.84 bits per heavy atom. The summed E-state index contributed by atoms with van der Waals surface area (Å²) in [4.78, 5) is 29.5. The smallest absolute Gasteiger partial charge is 0.247 e. The Labute approximate surface area is 221 Å². The van der Waals surface area contributed by atoms with E-state index in [4.69, 9.17) is 4.74 Å². The van der Waals surface area contributed by atoms with E-state index in [-0.39, 0.29) is 43.7 Å². The molecule has 0 bridgehead atoms. The largest absolute Gasteiger partial charge is 0.494 e. The molecule has 204 valence electrons.